The van der Waals surface area contributed by atoms with Gasteiger partial charge in [-0.2, -0.15) is 0 Å². The fraction of sp³-hybridized carbons (Fsp3) is 0.588. The number of hydrogen-bond acceptors (Lipinski definition) is 3. The van der Waals surface area contributed by atoms with Crippen molar-refractivity contribution in [1.82, 2.24) is 4.90 Å². The highest BCUT2D eigenvalue weighted by Gasteiger charge is 2.24. The molecule has 1 amide bonds. The normalized spacial score (nSPS) is 15.2. The average molecular weight is 291 g/mol. The summed E-state index contributed by atoms with van der Waals surface area (Å²) < 4.78 is 10.9. The summed E-state index contributed by atoms with van der Waals surface area (Å²) in [7, 11) is 3.25. The van der Waals surface area contributed by atoms with Gasteiger partial charge in [0.25, 0.3) is 5.91 Å². The van der Waals surface area contributed by atoms with E-state index >= 15 is 0 Å². The van der Waals surface area contributed by atoms with E-state index < -0.39 is 0 Å². The van der Waals surface area contributed by atoms with Crippen LogP contribution >= 0.6 is 0 Å². The molecule has 0 unspecified atom stereocenters. The fourth-order valence-corrected chi connectivity index (χ4v) is 2.81. The Kier molecular flexibility index (Phi) is 5.10. The van der Waals surface area contributed by atoms with Gasteiger partial charge in [0, 0.05) is 18.7 Å². The van der Waals surface area contributed by atoms with Crippen molar-refractivity contribution in [2.24, 2.45) is 0 Å². The highest BCUT2D eigenvalue weighted by molar-refractivity contribution is 5.97. The number of hydrogen-bond donors (Lipinski definition) is 0. The maximum Gasteiger partial charge on any atom is 0.257 e. The Morgan fingerprint density at radius 3 is 2.19 bits per heavy atom. The Balaban J connectivity index is 2.39. The molecule has 1 aromatic rings. The highest BCUT2D eigenvalue weighted by atomic mass is 16.5. The van der Waals surface area contributed by atoms with E-state index in [2.05, 4.69) is 13.8 Å². The summed E-state index contributed by atoms with van der Waals surface area (Å²) >= 11 is 0. The lowest BCUT2D eigenvalue weighted by Crippen LogP contribution is -2.35. The van der Waals surface area contributed by atoms with E-state index in [9.17, 15) is 4.79 Å². The zero-order valence-corrected chi connectivity index (χ0v) is 13.4. The summed E-state index contributed by atoms with van der Waals surface area (Å²) in [5.74, 6) is 1.74. The van der Waals surface area contributed by atoms with E-state index in [0.717, 1.165) is 37.2 Å². The van der Waals surface area contributed by atoms with Crippen LogP contribution in [0.4, 0.5) is 0 Å². The molecule has 0 bridgehead atoms. The number of rotatable bonds is 4. The third kappa shape index (κ3) is 3.31. The molecule has 0 spiro atoms. The Hall–Kier alpha value is -1.71. The second-order valence-electron chi connectivity index (χ2n) is 5.80. The molecular weight excluding hydrogens is 266 g/mol. The molecule has 2 rings (SSSR count). The van der Waals surface area contributed by atoms with Gasteiger partial charge in [0.05, 0.1) is 19.8 Å². The van der Waals surface area contributed by atoms with Gasteiger partial charge >= 0.3 is 0 Å². The lowest BCUT2D eigenvalue weighted by Gasteiger charge is -2.27. The van der Waals surface area contributed by atoms with Crippen molar-refractivity contribution in [3.63, 3.8) is 0 Å². The number of carbonyl (C=O) groups is 1. The van der Waals surface area contributed by atoms with Gasteiger partial charge in [-0.1, -0.05) is 13.8 Å². The van der Waals surface area contributed by atoms with Crippen molar-refractivity contribution in [2.45, 2.75) is 39.0 Å². The summed E-state index contributed by atoms with van der Waals surface area (Å²) in [5.41, 5.74) is 1.66. The van der Waals surface area contributed by atoms with Gasteiger partial charge in [0.2, 0.25) is 0 Å². The van der Waals surface area contributed by atoms with E-state index in [0.29, 0.717) is 17.2 Å². The molecule has 0 N–H and O–H groups in total. The highest BCUT2D eigenvalue weighted by Crippen LogP contribution is 2.34. The quantitative estimate of drug-likeness (QED) is 0.853. The molecule has 0 saturated carbocycles. The number of ether oxygens (including phenoxy) is 2. The number of benzene rings is 1. The molecule has 4 nitrogen and oxygen atoms in total. The zero-order valence-electron chi connectivity index (χ0n) is 13.4. The number of piperidine rings is 1. The molecule has 0 aliphatic carbocycles. The molecule has 1 aromatic carbocycles. The van der Waals surface area contributed by atoms with Crippen molar-refractivity contribution in [3.8, 4) is 11.5 Å². The van der Waals surface area contributed by atoms with Crippen molar-refractivity contribution in [1.29, 1.82) is 0 Å². The lowest BCUT2D eigenvalue weighted by atomic mass is 9.98. The molecule has 1 aliphatic rings. The average Bonchev–Trinajstić information content (AvgIpc) is 2.53. The van der Waals surface area contributed by atoms with Crippen LogP contribution in [0.2, 0.25) is 0 Å². The van der Waals surface area contributed by atoms with Crippen LogP contribution < -0.4 is 9.47 Å². The standard InChI is InChI=1S/C17H25NO3/c1-12(2)13-10-16(21-4)14(11-15(13)20-3)17(19)18-8-6-5-7-9-18/h10-12H,5-9H2,1-4H3. The minimum atomic E-state index is 0.0418. The van der Waals surface area contributed by atoms with Crippen LogP contribution in [-0.2, 0) is 0 Å². The second-order valence-corrected chi connectivity index (χ2v) is 5.80. The van der Waals surface area contributed by atoms with Crippen LogP contribution in [0.25, 0.3) is 0 Å². The Morgan fingerprint density at radius 1 is 1.05 bits per heavy atom. The summed E-state index contributed by atoms with van der Waals surface area (Å²) in [6.07, 6.45) is 3.36. The molecule has 0 aromatic heterocycles. The monoisotopic (exact) mass is 291 g/mol. The number of carbonyl (C=O) groups excluding carboxylic acids is 1. The topological polar surface area (TPSA) is 38.8 Å². The number of methoxy groups -OCH3 is 2. The third-order valence-electron chi connectivity index (χ3n) is 4.05. The van der Waals surface area contributed by atoms with Gasteiger partial charge in [-0.05, 0) is 37.3 Å². The van der Waals surface area contributed by atoms with Crippen LogP contribution in [0.3, 0.4) is 0 Å². The first-order chi connectivity index (χ1) is 10.1. The first-order valence-corrected chi connectivity index (χ1v) is 7.63. The molecule has 1 aliphatic heterocycles. The maximum absolute atomic E-state index is 12.7. The van der Waals surface area contributed by atoms with Crippen LogP contribution in [0.1, 0.15) is 54.9 Å². The molecule has 1 saturated heterocycles. The zero-order chi connectivity index (χ0) is 15.4. The van der Waals surface area contributed by atoms with E-state index in [-0.39, 0.29) is 5.91 Å². The van der Waals surface area contributed by atoms with Gasteiger partial charge in [0.1, 0.15) is 11.5 Å². The van der Waals surface area contributed by atoms with Crippen LogP contribution in [-0.4, -0.2) is 38.1 Å². The second kappa shape index (κ2) is 6.83. The summed E-state index contributed by atoms with van der Waals surface area (Å²) in [5, 5.41) is 0. The fourth-order valence-electron chi connectivity index (χ4n) is 2.81. The van der Waals surface area contributed by atoms with Crippen LogP contribution in [0, 0.1) is 0 Å². The molecule has 1 heterocycles. The Bertz CT molecular complexity index is 505. The van der Waals surface area contributed by atoms with Gasteiger partial charge < -0.3 is 14.4 Å². The van der Waals surface area contributed by atoms with Crippen molar-refractivity contribution in [2.75, 3.05) is 27.3 Å². The van der Waals surface area contributed by atoms with Crippen molar-refractivity contribution < 1.29 is 14.3 Å². The molecule has 0 atom stereocenters. The van der Waals surface area contributed by atoms with E-state index in [1.807, 2.05) is 17.0 Å². The predicted octanol–water partition coefficient (Wildman–Crippen LogP) is 3.45. The van der Waals surface area contributed by atoms with E-state index in [1.54, 1.807) is 14.2 Å². The Labute approximate surface area is 127 Å². The summed E-state index contributed by atoms with van der Waals surface area (Å²) in [4.78, 5) is 14.6. The number of likely N-dealkylation sites (tertiary alicyclic amines) is 1. The molecule has 1 fully saturated rings. The van der Waals surface area contributed by atoms with Gasteiger partial charge in [-0.15, -0.1) is 0 Å². The largest absolute Gasteiger partial charge is 0.496 e. The molecule has 4 heteroatoms. The van der Waals surface area contributed by atoms with E-state index in [1.165, 1.54) is 6.42 Å². The van der Waals surface area contributed by atoms with Crippen molar-refractivity contribution in [3.05, 3.63) is 23.3 Å². The van der Waals surface area contributed by atoms with Gasteiger partial charge in [-0.25, -0.2) is 0 Å². The Morgan fingerprint density at radius 2 is 1.67 bits per heavy atom. The smallest absolute Gasteiger partial charge is 0.257 e. The van der Waals surface area contributed by atoms with Crippen LogP contribution in [0.15, 0.2) is 12.1 Å². The van der Waals surface area contributed by atoms with Crippen LogP contribution in [0.5, 0.6) is 11.5 Å². The first kappa shape index (κ1) is 15.7. The SMILES string of the molecule is COc1cc(C(C)C)c(OC)cc1C(=O)N1CCCCC1. The number of nitrogens with zero attached hydrogens (tertiary/aromatic N) is 1. The van der Waals surface area contributed by atoms with Crippen molar-refractivity contribution >= 4 is 5.91 Å². The summed E-state index contributed by atoms with van der Waals surface area (Å²) in [6, 6.07) is 3.76. The predicted molar refractivity (Wildman–Crippen MR) is 83.4 cm³/mol. The first-order valence-electron chi connectivity index (χ1n) is 7.63. The summed E-state index contributed by atoms with van der Waals surface area (Å²) in [6.45, 7) is 5.86. The van der Waals surface area contributed by atoms with Gasteiger partial charge in [0.15, 0.2) is 0 Å². The maximum atomic E-state index is 12.7. The third-order valence-corrected chi connectivity index (χ3v) is 4.05. The molecule has 116 valence electrons. The lowest BCUT2D eigenvalue weighted by molar-refractivity contribution is 0.0720. The minimum Gasteiger partial charge on any atom is -0.496 e. The van der Waals surface area contributed by atoms with E-state index in [4.69, 9.17) is 9.47 Å². The van der Waals surface area contributed by atoms with Gasteiger partial charge in [-0.3, -0.25) is 4.79 Å². The molecule has 0 radical (unpaired) electrons. The molecular formula is C17H25NO3. The number of amides is 1. The minimum absolute atomic E-state index is 0.0418. The molecule has 21 heavy (non-hydrogen) atoms.